The maximum absolute atomic E-state index is 5.94. The van der Waals surface area contributed by atoms with Gasteiger partial charge in [-0.05, 0) is 41.0 Å². The molecule has 21 heavy (non-hydrogen) atoms. The number of nitrogens with zero attached hydrogens (tertiary/aromatic N) is 4. The Kier molecular flexibility index (Phi) is 5.14. The molecule has 0 fully saturated rings. The largest absolute Gasteiger partial charge is 0.495 e. The van der Waals surface area contributed by atoms with Gasteiger partial charge in [-0.3, -0.25) is 0 Å². The maximum Gasteiger partial charge on any atom is 0.182 e. The highest BCUT2D eigenvalue weighted by molar-refractivity contribution is 5.66. The van der Waals surface area contributed by atoms with Crippen molar-refractivity contribution in [1.82, 2.24) is 20.2 Å². The van der Waals surface area contributed by atoms with Gasteiger partial charge in [0.1, 0.15) is 5.75 Å². The molecule has 2 N–H and O–H groups in total. The Morgan fingerprint density at radius 2 is 2.10 bits per heavy atom. The number of hydrogen-bond acceptors (Lipinski definition) is 5. The third kappa shape index (κ3) is 3.93. The van der Waals surface area contributed by atoms with E-state index >= 15 is 0 Å². The number of benzene rings is 1. The number of methoxy groups -OCH3 is 1. The Labute approximate surface area is 125 Å². The fraction of sp³-hybridized carbons (Fsp3) is 0.533. The van der Waals surface area contributed by atoms with Crippen LogP contribution in [0.3, 0.4) is 0 Å². The van der Waals surface area contributed by atoms with Gasteiger partial charge in [0.25, 0.3) is 0 Å². The maximum atomic E-state index is 5.94. The van der Waals surface area contributed by atoms with E-state index in [0.717, 1.165) is 30.3 Å². The van der Waals surface area contributed by atoms with Crippen molar-refractivity contribution in [1.29, 1.82) is 0 Å². The van der Waals surface area contributed by atoms with Crippen molar-refractivity contribution >= 4 is 5.69 Å². The van der Waals surface area contributed by atoms with Gasteiger partial charge in [-0.1, -0.05) is 26.7 Å². The van der Waals surface area contributed by atoms with Crippen LogP contribution >= 0.6 is 0 Å². The van der Waals surface area contributed by atoms with Gasteiger partial charge in [-0.2, -0.15) is 0 Å². The summed E-state index contributed by atoms with van der Waals surface area (Å²) >= 11 is 0. The standard InChI is InChI=1S/C15H23N5O/c1-11(2)6-4-5-9-20-15(17-18-19-20)12-7-8-14(21-3)13(16)10-12/h7-8,10-11H,4-6,9,16H2,1-3H3. The van der Waals surface area contributed by atoms with Gasteiger partial charge in [0.05, 0.1) is 12.8 Å². The quantitative estimate of drug-likeness (QED) is 0.626. The zero-order valence-corrected chi connectivity index (χ0v) is 12.9. The number of nitrogen functional groups attached to an aromatic ring is 1. The Morgan fingerprint density at radius 1 is 1.29 bits per heavy atom. The average Bonchev–Trinajstić information content (AvgIpc) is 2.91. The Morgan fingerprint density at radius 3 is 2.76 bits per heavy atom. The average molecular weight is 289 g/mol. The fourth-order valence-corrected chi connectivity index (χ4v) is 2.25. The molecule has 0 aliphatic carbocycles. The predicted octanol–water partition coefficient (Wildman–Crippen LogP) is 2.76. The first-order chi connectivity index (χ1) is 10.1. The summed E-state index contributed by atoms with van der Waals surface area (Å²) in [4.78, 5) is 0. The summed E-state index contributed by atoms with van der Waals surface area (Å²) in [5, 5.41) is 11.9. The number of rotatable bonds is 7. The third-order valence-corrected chi connectivity index (χ3v) is 3.42. The SMILES string of the molecule is COc1ccc(-c2nnnn2CCCCC(C)C)cc1N. The minimum absolute atomic E-state index is 0.587. The van der Waals surface area contributed by atoms with Crippen molar-refractivity contribution < 1.29 is 4.74 Å². The molecule has 1 heterocycles. The smallest absolute Gasteiger partial charge is 0.182 e. The number of tetrazole rings is 1. The lowest BCUT2D eigenvalue weighted by molar-refractivity contribution is 0.417. The fourth-order valence-electron chi connectivity index (χ4n) is 2.25. The predicted molar refractivity (Wildman–Crippen MR) is 82.9 cm³/mol. The molecule has 0 aliphatic rings. The first kappa shape index (κ1) is 15.3. The number of ether oxygens (including phenoxy) is 1. The topological polar surface area (TPSA) is 78.9 Å². The zero-order valence-electron chi connectivity index (χ0n) is 12.9. The monoisotopic (exact) mass is 289 g/mol. The zero-order chi connectivity index (χ0) is 15.2. The van der Waals surface area contributed by atoms with Crippen LogP contribution in [0.1, 0.15) is 33.1 Å². The third-order valence-electron chi connectivity index (χ3n) is 3.42. The molecule has 0 spiro atoms. The summed E-state index contributed by atoms with van der Waals surface area (Å²) in [7, 11) is 1.60. The van der Waals surface area contributed by atoms with E-state index in [0.29, 0.717) is 11.4 Å². The molecule has 0 atom stereocenters. The summed E-state index contributed by atoms with van der Waals surface area (Å²) < 4.78 is 7.00. The molecule has 114 valence electrons. The van der Waals surface area contributed by atoms with Crippen LogP contribution in [-0.4, -0.2) is 27.3 Å². The Balaban J connectivity index is 2.07. The first-order valence-corrected chi connectivity index (χ1v) is 7.32. The molecule has 0 bridgehead atoms. The molecule has 0 saturated carbocycles. The highest BCUT2D eigenvalue weighted by Gasteiger charge is 2.10. The van der Waals surface area contributed by atoms with Gasteiger partial charge in [-0.15, -0.1) is 5.10 Å². The molecule has 1 aromatic heterocycles. The van der Waals surface area contributed by atoms with E-state index in [4.69, 9.17) is 10.5 Å². The second kappa shape index (κ2) is 7.06. The summed E-state index contributed by atoms with van der Waals surface area (Å²) in [5.74, 6) is 2.14. The molecular weight excluding hydrogens is 266 g/mol. The number of hydrogen-bond donors (Lipinski definition) is 1. The van der Waals surface area contributed by atoms with Crippen molar-refractivity contribution in [2.45, 2.75) is 39.7 Å². The minimum Gasteiger partial charge on any atom is -0.495 e. The number of nitrogens with two attached hydrogens (primary N) is 1. The second-order valence-electron chi connectivity index (χ2n) is 5.57. The summed E-state index contributed by atoms with van der Waals surface area (Å²) in [6, 6.07) is 5.60. The molecule has 1 aromatic carbocycles. The first-order valence-electron chi connectivity index (χ1n) is 7.32. The molecule has 6 nitrogen and oxygen atoms in total. The van der Waals surface area contributed by atoms with E-state index < -0.39 is 0 Å². The molecule has 0 aliphatic heterocycles. The lowest BCUT2D eigenvalue weighted by Crippen LogP contribution is -2.04. The van der Waals surface area contributed by atoms with E-state index in [1.54, 1.807) is 7.11 Å². The number of aryl methyl sites for hydroxylation is 1. The molecule has 0 radical (unpaired) electrons. The van der Waals surface area contributed by atoms with E-state index in [-0.39, 0.29) is 0 Å². The molecule has 6 heteroatoms. The van der Waals surface area contributed by atoms with Crippen LogP contribution in [0, 0.1) is 5.92 Å². The van der Waals surface area contributed by atoms with Crippen LogP contribution in [0.5, 0.6) is 5.75 Å². The molecular formula is C15H23N5O. The lowest BCUT2D eigenvalue weighted by Gasteiger charge is -2.08. The summed E-state index contributed by atoms with van der Waals surface area (Å²) in [6.07, 6.45) is 3.48. The Hall–Kier alpha value is -2.11. The van der Waals surface area contributed by atoms with E-state index in [1.165, 1.54) is 12.8 Å². The van der Waals surface area contributed by atoms with Crippen molar-refractivity contribution in [3.8, 4) is 17.1 Å². The minimum atomic E-state index is 0.587. The van der Waals surface area contributed by atoms with Crippen molar-refractivity contribution in [3.63, 3.8) is 0 Å². The van der Waals surface area contributed by atoms with Crippen LogP contribution in [-0.2, 0) is 6.54 Å². The van der Waals surface area contributed by atoms with Gasteiger partial charge in [0.15, 0.2) is 5.82 Å². The molecule has 2 aromatic rings. The second-order valence-corrected chi connectivity index (χ2v) is 5.57. The van der Waals surface area contributed by atoms with Crippen LogP contribution in [0.2, 0.25) is 0 Å². The lowest BCUT2D eigenvalue weighted by atomic mass is 10.1. The van der Waals surface area contributed by atoms with Gasteiger partial charge in [-0.25, -0.2) is 4.68 Å². The molecule has 0 amide bonds. The van der Waals surface area contributed by atoms with E-state index in [1.807, 2.05) is 22.9 Å². The normalized spacial score (nSPS) is 11.0. The molecule has 0 unspecified atom stereocenters. The highest BCUT2D eigenvalue weighted by atomic mass is 16.5. The van der Waals surface area contributed by atoms with E-state index in [2.05, 4.69) is 29.4 Å². The molecule has 0 saturated heterocycles. The van der Waals surface area contributed by atoms with Gasteiger partial charge in [0.2, 0.25) is 0 Å². The van der Waals surface area contributed by atoms with Gasteiger partial charge < -0.3 is 10.5 Å². The number of aromatic nitrogens is 4. The van der Waals surface area contributed by atoms with Crippen LogP contribution in [0.15, 0.2) is 18.2 Å². The van der Waals surface area contributed by atoms with Gasteiger partial charge >= 0.3 is 0 Å². The Bertz CT molecular complexity index is 579. The molecule has 2 rings (SSSR count). The van der Waals surface area contributed by atoms with Gasteiger partial charge in [0, 0.05) is 12.1 Å². The van der Waals surface area contributed by atoms with Crippen molar-refractivity contribution in [2.24, 2.45) is 5.92 Å². The summed E-state index contributed by atoms with van der Waals surface area (Å²) in [5.41, 5.74) is 7.43. The highest BCUT2D eigenvalue weighted by Crippen LogP contribution is 2.27. The summed E-state index contributed by atoms with van der Waals surface area (Å²) in [6.45, 7) is 5.30. The van der Waals surface area contributed by atoms with Crippen LogP contribution in [0.25, 0.3) is 11.4 Å². The number of unbranched alkanes of at least 4 members (excludes halogenated alkanes) is 1. The van der Waals surface area contributed by atoms with Crippen LogP contribution < -0.4 is 10.5 Å². The van der Waals surface area contributed by atoms with E-state index in [9.17, 15) is 0 Å². The van der Waals surface area contributed by atoms with Crippen molar-refractivity contribution in [2.75, 3.05) is 12.8 Å². The number of anilines is 1. The van der Waals surface area contributed by atoms with Crippen LogP contribution in [0.4, 0.5) is 5.69 Å². The van der Waals surface area contributed by atoms with Crippen molar-refractivity contribution in [3.05, 3.63) is 18.2 Å².